The number of nitrogens with one attached hydrogen (secondary N) is 2. The number of carboxylic acid groups (broad SMARTS) is 1. The minimum absolute atomic E-state index is 0.0965. The summed E-state index contributed by atoms with van der Waals surface area (Å²) in [5, 5.41) is 14.6. The minimum Gasteiger partial charge on any atom is -0.477 e. The van der Waals surface area contributed by atoms with Gasteiger partial charge in [0.25, 0.3) is 0 Å². The molecule has 17 heavy (non-hydrogen) atoms. The highest BCUT2D eigenvalue weighted by Crippen LogP contribution is 2.17. The van der Waals surface area contributed by atoms with Crippen LogP contribution in [-0.4, -0.2) is 35.1 Å². The van der Waals surface area contributed by atoms with E-state index in [0.29, 0.717) is 17.6 Å². The maximum Gasteiger partial charge on any atom is 0.347 e. The van der Waals surface area contributed by atoms with Crippen molar-refractivity contribution in [3.63, 3.8) is 0 Å². The van der Waals surface area contributed by atoms with Crippen LogP contribution in [-0.2, 0) is 4.79 Å². The maximum absolute atomic E-state index is 11.3. The van der Waals surface area contributed by atoms with Crippen LogP contribution >= 0.6 is 11.3 Å². The minimum atomic E-state index is -1.01. The summed E-state index contributed by atoms with van der Waals surface area (Å²) in [7, 11) is 0. The summed E-state index contributed by atoms with van der Waals surface area (Å²) in [6, 6.07) is 0. The first kappa shape index (κ1) is 13.4. The normalized spacial score (nSPS) is 10.3. The zero-order valence-electron chi connectivity index (χ0n) is 9.69. The van der Waals surface area contributed by atoms with Crippen LogP contribution < -0.4 is 10.6 Å². The molecule has 3 N–H and O–H groups in total. The number of hydrogen-bond donors (Lipinski definition) is 3. The Balaban J connectivity index is 2.34. The van der Waals surface area contributed by atoms with Crippen LogP contribution in [0.1, 0.15) is 23.5 Å². The van der Waals surface area contributed by atoms with Crippen molar-refractivity contribution in [2.24, 2.45) is 5.92 Å². The maximum atomic E-state index is 11.3. The molecule has 7 heteroatoms. The van der Waals surface area contributed by atoms with Gasteiger partial charge in [-0.3, -0.25) is 4.79 Å². The summed E-state index contributed by atoms with van der Waals surface area (Å²) in [6.07, 6.45) is 1.27. The van der Waals surface area contributed by atoms with Gasteiger partial charge in [-0.15, -0.1) is 0 Å². The van der Waals surface area contributed by atoms with Gasteiger partial charge in [-0.05, 0) is 5.92 Å². The van der Waals surface area contributed by atoms with Gasteiger partial charge in [0.2, 0.25) is 5.91 Å². The van der Waals surface area contributed by atoms with Crippen molar-refractivity contribution in [2.75, 3.05) is 18.4 Å². The Labute approximate surface area is 103 Å². The fraction of sp³-hybridized carbons (Fsp3) is 0.500. The number of hydrogen-bond acceptors (Lipinski definition) is 5. The fourth-order valence-electron chi connectivity index (χ4n) is 0.991. The van der Waals surface area contributed by atoms with E-state index in [1.54, 1.807) is 0 Å². The zero-order chi connectivity index (χ0) is 12.8. The second kappa shape index (κ2) is 6.19. The molecule has 1 aromatic rings. The molecule has 0 unspecified atom stereocenters. The van der Waals surface area contributed by atoms with Crippen LogP contribution in [0.5, 0.6) is 0 Å². The van der Waals surface area contributed by atoms with Crippen LogP contribution in [0.4, 0.5) is 5.13 Å². The standard InChI is InChI=1S/C10H15N3O3S/c1-6(2)3-11-8(14)5-13-10-12-4-7(17-10)9(15)16/h4,6H,3,5H2,1-2H3,(H,11,14)(H,12,13)(H,15,16). The Kier molecular flexibility index (Phi) is 4.89. The van der Waals surface area contributed by atoms with Crippen molar-refractivity contribution in [3.05, 3.63) is 11.1 Å². The molecule has 6 nitrogen and oxygen atoms in total. The average molecular weight is 257 g/mol. The molecule has 0 radical (unpaired) electrons. The van der Waals surface area contributed by atoms with Crippen LogP contribution in [0.2, 0.25) is 0 Å². The molecular weight excluding hydrogens is 242 g/mol. The number of carbonyl (C=O) groups excluding carboxylic acids is 1. The first-order valence-corrected chi connectivity index (χ1v) is 6.00. The molecule has 1 aromatic heterocycles. The lowest BCUT2D eigenvalue weighted by Crippen LogP contribution is -2.32. The fourth-order valence-corrected chi connectivity index (χ4v) is 1.64. The summed E-state index contributed by atoms with van der Waals surface area (Å²) in [4.78, 5) is 25.9. The van der Waals surface area contributed by atoms with Gasteiger partial charge in [-0.1, -0.05) is 25.2 Å². The highest BCUT2D eigenvalue weighted by molar-refractivity contribution is 7.17. The van der Waals surface area contributed by atoms with Crippen molar-refractivity contribution in [2.45, 2.75) is 13.8 Å². The quantitative estimate of drug-likeness (QED) is 0.708. The van der Waals surface area contributed by atoms with E-state index in [1.807, 2.05) is 13.8 Å². The second-order valence-corrected chi connectivity index (χ2v) is 4.92. The molecule has 0 spiro atoms. The predicted octanol–water partition coefficient (Wildman–Crippen LogP) is 1.03. The number of carboxylic acids is 1. The highest BCUT2D eigenvalue weighted by Gasteiger charge is 2.09. The first-order chi connectivity index (χ1) is 7.99. The summed E-state index contributed by atoms with van der Waals surface area (Å²) in [5.74, 6) is -0.747. The third-order valence-corrected chi connectivity index (χ3v) is 2.77. The van der Waals surface area contributed by atoms with Crippen molar-refractivity contribution < 1.29 is 14.7 Å². The molecule has 0 aromatic carbocycles. The molecule has 0 saturated heterocycles. The van der Waals surface area contributed by atoms with Gasteiger partial charge in [0, 0.05) is 6.54 Å². The van der Waals surface area contributed by atoms with Gasteiger partial charge in [-0.2, -0.15) is 0 Å². The zero-order valence-corrected chi connectivity index (χ0v) is 10.5. The van der Waals surface area contributed by atoms with Crippen LogP contribution in [0.3, 0.4) is 0 Å². The van der Waals surface area contributed by atoms with Gasteiger partial charge in [0.05, 0.1) is 12.7 Å². The lowest BCUT2D eigenvalue weighted by molar-refractivity contribution is -0.119. The average Bonchev–Trinajstić information content (AvgIpc) is 2.72. The molecule has 0 aliphatic carbocycles. The Bertz CT molecular complexity index is 403. The van der Waals surface area contributed by atoms with Crippen molar-refractivity contribution in [1.29, 1.82) is 0 Å². The highest BCUT2D eigenvalue weighted by atomic mass is 32.1. The molecule has 94 valence electrons. The number of rotatable bonds is 6. The summed E-state index contributed by atoms with van der Waals surface area (Å²) < 4.78 is 0. The monoisotopic (exact) mass is 257 g/mol. The van der Waals surface area contributed by atoms with E-state index in [9.17, 15) is 9.59 Å². The Morgan fingerprint density at radius 1 is 1.53 bits per heavy atom. The lowest BCUT2D eigenvalue weighted by atomic mass is 10.2. The van der Waals surface area contributed by atoms with Crippen LogP contribution in [0.25, 0.3) is 0 Å². The number of nitrogens with zero attached hydrogens (tertiary/aromatic N) is 1. The molecule has 0 fully saturated rings. The summed E-state index contributed by atoms with van der Waals surface area (Å²) in [6.45, 7) is 4.74. The number of aromatic nitrogens is 1. The van der Waals surface area contributed by atoms with Crippen LogP contribution in [0, 0.1) is 5.92 Å². The molecular formula is C10H15N3O3S. The third kappa shape index (κ3) is 4.81. The summed E-state index contributed by atoms with van der Waals surface area (Å²) >= 11 is 1.01. The van der Waals surface area contributed by atoms with E-state index in [4.69, 9.17) is 5.11 Å². The molecule has 0 aliphatic rings. The third-order valence-electron chi connectivity index (χ3n) is 1.82. The largest absolute Gasteiger partial charge is 0.477 e. The van der Waals surface area contributed by atoms with Crippen LogP contribution in [0.15, 0.2) is 6.20 Å². The van der Waals surface area contributed by atoms with E-state index < -0.39 is 5.97 Å². The summed E-state index contributed by atoms with van der Waals surface area (Å²) in [5.41, 5.74) is 0. The Morgan fingerprint density at radius 2 is 2.24 bits per heavy atom. The molecule has 0 atom stereocenters. The topological polar surface area (TPSA) is 91.3 Å². The number of thiazole rings is 1. The van der Waals surface area contributed by atoms with Crippen molar-refractivity contribution in [1.82, 2.24) is 10.3 Å². The van der Waals surface area contributed by atoms with Gasteiger partial charge < -0.3 is 15.7 Å². The SMILES string of the molecule is CC(C)CNC(=O)CNc1ncc(C(=O)O)s1. The number of amides is 1. The van der Waals surface area contributed by atoms with Gasteiger partial charge >= 0.3 is 5.97 Å². The van der Waals surface area contributed by atoms with Crippen molar-refractivity contribution in [3.8, 4) is 0 Å². The molecule has 0 aliphatic heterocycles. The van der Waals surface area contributed by atoms with E-state index in [1.165, 1.54) is 6.20 Å². The van der Waals surface area contributed by atoms with Crippen molar-refractivity contribution >= 4 is 28.3 Å². The molecule has 1 rings (SSSR count). The Hall–Kier alpha value is -1.63. The number of aromatic carboxylic acids is 1. The van der Waals surface area contributed by atoms with E-state index in [2.05, 4.69) is 15.6 Å². The second-order valence-electron chi connectivity index (χ2n) is 3.89. The van der Waals surface area contributed by atoms with E-state index in [0.717, 1.165) is 11.3 Å². The van der Waals surface area contributed by atoms with Gasteiger partial charge in [-0.25, -0.2) is 9.78 Å². The predicted molar refractivity (Wildman–Crippen MR) is 65.4 cm³/mol. The van der Waals surface area contributed by atoms with Gasteiger partial charge in [0.1, 0.15) is 4.88 Å². The van der Waals surface area contributed by atoms with E-state index in [-0.39, 0.29) is 17.3 Å². The van der Waals surface area contributed by atoms with E-state index >= 15 is 0 Å². The van der Waals surface area contributed by atoms with Gasteiger partial charge in [0.15, 0.2) is 5.13 Å². The molecule has 0 saturated carbocycles. The molecule has 1 amide bonds. The molecule has 0 bridgehead atoms. The first-order valence-electron chi connectivity index (χ1n) is 5.18. The Morgan fingerprint density at radius 3 is 2.76 bits per heavy atom. The smallest absolute Gasteiger partial charge is 0.347 e. The number of anilines is 1. The molecule has 1 heterocycles. The lowest BCUT2D eigenvalue weighted by Gasteiger charge is -2.07. The number of carbonyl (C=O) groups is 2.